The van der Waals surface area contributed by atoms with Crippen LogP contribution in [-0.4, -0.2) is 53.0 Å². The second kappa shape index (κ2) is 10.5. The fourth-order valence-electron chi connectivity index (χ4n) is 2.64. The normalized spacial score (nSPS) is 11.5. The summed E-state index contributed by atoms with van der Waals surface area (Å²) in [5.74, 6) is 1.27. The standard InChI is InChI=1S/C22H30N2O6S/c1-7-29-21-12-16(8-10-20(21)30-14-15(2)3)22(25)23-18-13-17(9-11-19(18)28-6)31(26,27)24(4)5/h8-13,15H,7,14H2,1-6H3,(H,23,25). The third-order valence-electron chi connectivity index (χ3n) is 4.28. The lowest BCUT2D eigenvalue weighted by molar-refractivity contribution is 0.102. The number of methoxy groups -OCH3 is 1. The van der Waals surface area contributed by atoms with Crippen molar-refractivity contribution in [1.29, 1.82) is 0 Å². The molecule has 0 spiro atoms. The van der Waals surface area contributed by atoms with Crippen molar-refractivity contribution in [2.45, 2.75) is 25.7 Å². The van der Waals surface area contributed by atoms with Crippen molar-refractivity contribution in [3.05, 3.63) is 42.0 Å². The van der Waals surface area contributed by atoms with Gasteiger partial charge in [-0.25, -0.2) is 12.7 Å². The molecule has 0 aromatic heterocycles. The molecule has 1 N–H and O–H groups in total. The first-order chi connectivity index (χ1) is 14.6. The minimum Gasteiger partial charge on any atom is -0.495 e. The number of ether oxygens (including phenoxy) is 3. The van der Waals surface area contributed by atoms with Crippen LogP contribution < -0.4 is 19.5 Å². The Bertz CT molecular complexity index is 1020. The van der Waals surface area contributed by atoms with Crippen molar-refractivity contribution in [2.75, 3.05) is 39.7 Å². The van der Waals surface area contributed by atoms with Crippen molar-refractivity contribution in [2.24, 2.45) is 5.92 Å². The molecule has 170 valence electrons. The molecule has 0 heterocycles. The topological polar surface area (TPSA) is 94.2 Å². The van der Waals surface area contributed by atoms with Gasteiger partial charge in [0.1, 0.15) is 5.75 Å². The molecule has 0 saturated heterocycles. The van der Waals surface area contributed by atoms with Crippen LogP contribution in [0.4, 0.5) is 5.69 Å². The molecule has 2 rings (SSSR count). The first-order valence-electron chi connectivity index (χ1n) is 9.91. The molecule has 2 aromatic rings. The smallest absolute Gasteiger partial charge is 0.255 e. The number of benzene rings is 2. The summed E-state index contributed by atoms with van der Waals surface area (Å²) in [5, 5.41) is 2.72. The second-order valence-corrected chi connectivity index (χ2v) is 9.55. The largest absolute Gasteiger partial charge is 0.495 e. The van der Waals surface area contributed by atoms with E-state index in [1.165, 1.54) is 39.4 Å². The van der Waals surface area contributed by atoms with Crippen LogP contribution in [0.15, 0.2) is 41.3 Å². The Morgan fingerprint density at radius 1 is 1.03 bits per heavy atom. The molecule has 0 radical (unpaired) electrons. The average Bonchev–Trinajstić information content (AvgIpc) is 2.72. The van der Waals surface area contributed by atoms with Crippen molar-refractivity contribution < 1.29 is 27.4 Å². The van der Waals surface area contributed by atoms with Crippen LogP contribution in [0.25, 0.3) is 0 Å². The molecule has 2 aromatic carbocycles. The highest BCUT2D eigenvalue weighted by Crippen LogP contribution is 2.31. The Balaban J connectivity index is 2.35. The Morgan fingerprint density at radius 2 is 1.71 bits per heavy atom. The summed E-state index contributed by atoms with van der Waals surface area (Å²) in [6.45, 7) is 6.87. The number of nitrogens with one attached hydrogen (secondary N) is 1. The van der Waals surface area contributed by atoms with Crippen molar-refractivity contribution in [1.82, 2.24) is 4.31 Å². The zero-order chi connectivity index (χ0) is 23.2. The van der Waals surface area contributed by atoms with Crippen LogP contribution in [0.3, 0.4) is 0 Å². The van der Waals surface area contributed by atoms with Gasteiger partial charge >= 0.3 is 0 Å². The maximum Gasteiger partial charge on any atom is 0.255 e. The van der Waals surface area contributed by atoms with Gasteiger partial charge in [0.25, 0.3) is 5.91 Å². The van der Waals surface area contributed by atoms with Crippen molar-refractivity contribution >= 4 is 21.6 Å². The van der Waals surface area contributed by atoms with Gasteiger partial charge in [0.15, 0.2) is 11.5 Å². The number of amides is 1. The van der Waals surface area contributed by atoms with Crippen molar-refractivity contribution in [3.8, 4) is 17.2 Å². The predicted molar refractivity (Wildman–Crippen MR) is 120 cm³/mol. The molecular weight excluding hydrogens is 420 g/mol. The highest BCUT2D eigenvalue weighted by Gasteiger charge is 2.20. The maximum atomic E-state index is 12.9. The number of anilines is 1. The fourth-order valence-corrected chi connectivity index (χ4v) is 3.57. The fraction of sp³-hybridized carbons (Fsp3) is 0.409. The third-order valence-corrected chi connectivity index (χ3v) is 6.09. The SMILES string of the molecule is CCOc1cc(C(=O)Nc2cc(S(=O)(=O)N(C)C)ccc2OC)ccc1OCC(C)C. The second-order valence-electron chi connectivity index (χ2n) is 7.40. The van der Waals surface area contributed by atoms with E-state index in [1.807, 2.05) is 20.8 Å². The quantitative estimate of drug-likeness (QED) is 0.594. The molecule has 0 aliphatic rings. The summed E-state index contributed by atoms with van der Waals surface area (Å²) in [6, 6.07) is 9.21. The van der Waals surface area contributed by atoms with Gasteiger partial charge in [0.05, 0.1) is 30.9 Å². The Hall–Kier alpha value is -2.78. The minimum atomic E-state index is -3.67. The average molecular weight is 451 g/mol. The molecular formula is C22H30N2O6S. The number of carbonyl (C=O) groups excluding carboxylic acids is 1. The van der Waals surface area contributed by atoms with Gasteiger partial charge in [-0.3, -0.25) is 4.79 Å². The van der Waals surface area contributed by atoms with E-state index in [1.54, 1.807) is 18.2 Å². The molecule has 0 bridgehead atoms. The van der Waals surface area contributed by atoms with Crippen LogP contribution in [0.5, 0.6) is 17.2 Å². The first kappa shape index (κ1) is 24.5. The number of hydrogen-bond donors (Lipinski definition) is 1. The van der Waals surface area contributed by atoms with Crippen LogP contribution in [0, 0.1) is 5.92 Å². The zero-order valence-electron chi connectivity index (χ0n) is 18.8. The lowest BCUT2D eigenvalue weighted by Crippen LogP contribution is -2.22. The monoisotopic (exact) mass is 450 g/mol. The lowest BCUT2D eigenvalue weighted by Gasteiger charge is -2.16. The van der Waals surface area contributed by atoms with E-state index in [0.29, 0.717) is 41.9 Å². The van der Waals surface area contributed by atoms with Gasteiger partial charge in [0.2, 0.25) is 10.0 Å². The Labute approximate surface area is 184 Å². The van der Waals surface area contributed by atoms with E-state index in [4.69, 9.17) is 14.2 Å². The third kappa shape index (κ3) is 6.11. The van der Waals surface area contributed by atoms with Crippen LogP contribution in [0.2, 0.25) is 0 Å². The molecule has 1 amide bonds. The van der Waals surface area contributed by atoms with Crippen LogP contribution in [0.1, 0.15) is 31.1 Å². The summed E-state index contributed by atoms with van der Waals surface area (Å²) in [6.07, 6.45) is 0. The highest BCUT2D eigenvalue weighted by atomic mass is 32.2. The first-order valence-corrected chi connectivity index (χ1v) is 11.4. The molecule has 0 aliphatic heterocycles. The van der Waals surface area contributed by atoms with Crippen LogP contribution in [-0.2, 0) is 10.0 Å². The Kier molecular flexibility index (Phi) is 8.29. The molecule has 8 nitrogen and oxygen atoms in total. The predicted octanol–water partition coefficient (Wildman–Crippen LogP) is 3.63. The van der Waals surface area contributed by atoms with Gasteiger partial charge < -0.3 is 19.5 Å². The number of nitrogens with zero attached hydrogens (tertiary/aromatic N) is 1. The number of hydrogen-bond acceptors (Lipinski definition) is 6. The van der Waals surface area contributed by atoms with E-state index >= 15 is 0 Å². The summed E-state index contributed by atoms with van der Waals surface area (Å²) < 4.78 is 42.7. The van der Waals surface area contributed by atoms with Gasteiger partial charge in [-0.05, 0) is 49.2 Å². The molecule has 0 unspecified atom stereocenters. The molecule has 0 saturated carbocycles. The van der Waals surface area contributed by atoms with E-state index < -0.39 is 15.9 Å². The summed E-state index contributed by atoms with van der Waals surface area (Å²) >= 11 is 0. The highest BCUT2D eigenvalue weighted by molar-refractivity contribution is 7.89. The van der Waals surface area contributed by atoms with Crippen LogP contribution >= 0.6 is 0 Å². The minimum absolute atomic E-state index is 0.0426. The maximum absolute atomic E-state index is 12.9. The number of sulfonamides is 1. The van der Waals surface area contributed by atoms with Gasteiger partial charge in [-0.2, -0.15) is 0 Å². The number of carbonyl (C=O) groups is 1. The number of rotatable bonds is 10. The van der Waals surface area contributed by atoms with E-state index in [0.717, 1.165) is 4.31 Å². The zero-order valence-corrected chi connectivity index (χ0v) is 19.6. The lowest BCUT2D eigenvalue weighted by atomic mass is 10.1. The summed E-state index contributed by atoms with van der Waals surface area (Å²) in [4.78, 5) is 12.9. The molecule has 9 heteroatoms. The molecule has 0 aliphatic carbocycles. The van der Waals surface area contributed by atoms with Crippen molar-refractivity contribution in [3.63, 3.8) is 0 Å². The van der Waals surface area contributed by atoms with Gasteiger partial charge in [-0.15, -0.1) is 0 Å². The Morgan fingerprint density at radius 3 is 2.29 bits per heavy atom. The van der Waals surface area contributed by atoms with Gasteiger partial charge in [-0.1, -0.05) is 13.8 Å². The van der Waals surface area contributed by atoms with E-state index in [-0.39, 0.29) is 10.6 Å². The van der Waals surface area contributed by atoms with Gasteiger partial charge in [0, 0.05) is 19.7 Å². The molecule has 31 heavy (non-hydrogen) atoms. The van der Waals surface area contributed by atoms with E-state index in [2.05, 4.69) is 5.32 Å². The summed E-state index contributed by atoms with van der Waals surface area (Å²) in [5.41, 5.74) is 0.580. The summed E-state index contributed by atoms with van der Waals surface area (Å²) in [7, 11) is 0.657. The molecule has 0 atom stereocenters. The van der Waals surface area contributed by atoms with E-state index in [9.17, 15) is 13.2 Å². The molecule has 0 fully saturated rings.